The summed E-state index contributed by atoms with van der Waals surface area (Å²) in [7, 11) is 1.63. The number of nitrogens with zero attached hydrogens (tertiary/aromatic N) is 2. The SMILES string of the molecule is COc1cccc(C2SCC(=O)Nc3c2c(C)nn3-c2cccc(F)c2)c1. The lowest BCUT2D eigenvalue weighted by atomic mass is 10.0. The zero-order valence-corrected chi connectivity index (χ0v) is 15.7. The van der Waals surface area contributed by atoms with E-state index in [-0.39, 0.29) is 17.0 Å². The summed E-state index contributed by atoms with van der Waals surface area (Å²) in [5.74, 6) is 1.20. The Kier molecular flexibility index (Phi) is 4.61. The number of fused-ring (bicyclic) bond motifs is 1. The summed E-state index contributed by atoms with van der Waals surface area (Å²) in [6.45, 7) is 1.90. The Labute approximate surface area is 160 Å². The average Bonchev–Trinajstić information content (AvgIpc) is 2.87. The summed E-state index contributed by atoms with van der Waals surface area (Å²) < 4.78 is 20.7. The van der Waals surface area contributed by atoms with Crippen LogP contribution in [-0.2, 0) is 4.79 Å². The normalized spacial score (nSPS) is 16.4. The number of aryl methyl sites for hydroxylation is 1. The predicted octanol–water partition coefficient (Wildman–Crippen LogP) is 4.10. The number of carbonyl (C=O) groups is 1. The number of hydrogen-bond acceptors (Lipinski definition) is 4. The predicted molar refractivity (Wildman–Crippen MR) is 104 cm³/mol. The number of ether oxygens (including phenoxy) is 1. The highest BCUT2D eigenvalue weighted by atomic mass is 32.2. The van der Waals surface area contributed by atoms with Crippen molar-refractivity contribution in [3.05, 3.63) is 71.2 Å². The van der Waals surface area contributed by atoms with Crippen LogP contribution in [0, 0.1) is 12.7 Å². The zero-order chi connectivity index (χ0) is 19.0. The lowest BCUT2D eigenvalue weighted by Crippen LogP contribution is -2.15. The third-order valence-electron chi connectivity index (χ3n) is 4.46. The van der Waals surface area contributed by atoms with Crippen LogP contribution in [0.1, 0.15) is 22.1 Å². The quantitative estimate of drug-likeness (QED) is 0.740. The second-order valence-electron chi connectivity index (χ2n) is 6.26. The molecule has 1 aromatic heterocycles. The molecule has 2 aromatic carbocycles. The van der Waals surface area contributed by atoms with E-state index in [2.05, 4.69) is 10.4 Å². The van der Waals surface area contributed by atoms with Crippen LogP contribution < -0.4 is 10.1 Å². The highest BCUT2D eigenvalue weighted by molar-refractivity contribution is 8.00. The van der Waals surface area contributed by atoms with Gasteiger partial charge in [0.15, 0.2) is 0 Å². The number of amides is 1. The number of hydrogen-bond donors (Lipinski definition) is 1. The van der Waals surface area contributed by atoms with Gasteiger partial charge in [0.05, 0.1) is 29.5 Å². The van der Waals surface area contributed by atoms with Gasteiger partial charge < -0.3 is 10.1 Å². The molecule has 4 rings (SSSR count). The zero-order valence-electron chi connectivity index (χ0n) is 14.9. The summed E-state index contributed by atoms with van der Waals surface area (Å²) in [6, 6.07) is 14.0. The standard InChI is InChI=1S/C20H18FN3O2S/c1-12-18-19(13-5-3-8-16(9-13)26-2)27-11-17(25)22-20(18)24(23-12)15-7-4-6-14(21)10-15/h3-10,19H,11H2,1-2H3,(H,22,25). The number of carbonyl (C=O) groups excluding carboxylic acids is 1. The van der Waals surface area contributed by atoms with Crippen molar-refractivity contribution < 1.29 is 13.9 Å². The maximum Gasteiger partial charge on any atom is 0.235 e. The summed E-state index contributed by atoms with van der Waals surface area (Å²) >= 11 is 1.54. The lowest BCUT2D eigenvalue weighted by molar-refractivity contribution is -0.113. The molecule has 1 unspecified atom stereocenters. The second kappa shape index (κ2) is 7.08. The van der Waals surface area contributed by atoms with E-state index in [1.807, 2.05) is 31.2 Å². The van der Waals surface area contributed by atoms with E-state index < -0.39 is 0 Å². The molecular weight excluding hydrogens is 365 g/mol. The summed E-state index contributed by atoms with van der Waals surface area (Å²) in [6.07, 6.45) is 0. The minimum Gasteiger partial charge on any atom is -0.497 e. The Hall–Kier alpha value is -2.80. The van der Waals surface area contributed by atoms with E-state index in [1.165, 1.54) is 23.9 Å². The fourth-order valence-electron chi connectivity index (χ4n) is 3.25. The minimum atomic E-state index is -0.354. The maximum atomic E-state index is 13.7. The molecule has 0 saturated heterocycles. The van der Waals surface area contributed by atoms with E-state index >= 15 is 0 Å². The van der Waals surface area contributed by atoms with Gasteiger partial charge in [-0.3, -0.25) is 4.79 Å². The fourth-order valence-corrected chi connectivity index (χ4v) is 4.42. The molecule has 1 aliphatic heterocycles. The van der Waals surface area contributed by atoms with Crippen molar-refractivity contribution in [2.24, 2.45) is 0 Å². The Morgan fingerprint density at radius 2 is 2.07 bits per heavy atom. The van der Waals surface area contributed by atoms with E-state index in [4.69, 9.17) is 4.74 Å². The third kappa shape index (κ3) is 3.30. The molecule has 27 heavy (non-hydrogen) atoms. The van der Waals surface area contributed by atoms with Crippen molar-refractivity contribution in [3.8, 4) is 11.4 Å². The van der Waals surface area contributed by atoms with Gasteiger partial charge >= 0.3 is 0 Å². The van der Waals surface area contributed by atoms with Gasteiger partial charge in [-0.15, -0.1) is 11.8 Å². The van der Waals surface area contributed by atoms with Crippen LogP contribution in [0.15, 0.2) is 48.5 Å². The first-order valence-corrected chi connectivity index (χ1v) is 9.52. The fraction of sp³-hybridized carbons (Fsp3) is 0.200. The van der Waals surface area contributed by atoms with Crippen LogP contribution in [0.2, 0.25) is 0 Å². The van der Waals surface area contributed by atoms with Crippen molar-refractivity contribution in [3.63, 3.8) is 0 Å². The number of anilines is 1. The summed E-state index contributed by atoms with van der Waals surface area (Å²) in [5.41, 5.74) is 3.30. The smallest absolute Gasteiger partial charge is 0.235 e. The highest BCUT2D eigenvalue weighted by Gasteiger charge is 2.30. The molecule has 1 N–H and O–H groups in total. The number of rotatable bonds is 3. The molecular formula is C20H18FN3O2S. The minimum absolute atomic E-state index is 0.0867. The summed E-state index contributed by atoms with van der Waals surface area (Å²) in [5, 5.41) is 7.45. The number of aromatic nitrogens is 2. The molecule has 2 heterocycles. The van der Waals surface area contributed by atoms with Crippen LogP contribution in [0.4, 0.5) is 10.2 Å². The molecule has 1 atom stereocenters. The van der Waals surface area contributed by atoms with Gasteiger partial charge in [0, 0.05) is 5.56 Å². The number of halogens is 1. The van der Waals surface area contributed by atoms with Crippen LogP contribution in [0.3, 0.4) is 0 Å². The molecule has 0 radical (unpaired) electrons. The maximum absolute atomic E-state index is 13.7. The Bertz CT molecular complexity index is 1020. The molecule has 3 aromatic rings. The molecule has 0 aliphatic carbocycles. The molecule has 138 valence electrons. The molecule has 0 bridgehead atoms. The van der Waals surface area contributed by atoms with Crippen molar-refractivity contribution in [2.45, 2.75) is 12.2 Å². The first kappa shape index (κ1) is 17.6. The van der Waals surface area contributed by atoms with E-state index in [9.17, 15) is 9.18 Å². The van der Waals surface area contributed by atoms with Crippen molar-refractivity contribution >= 4 is 23.5 Å². The Balaban J connectivity index is 1.89. The number of thioether (sulfide) groups is 1. The first-order chi connectivity index (χ1) is 13.1. The molecule has 1 aliphatic rings. The number of nitrogens with one attached hydrogen (secondary N) is 1. The van der Waals surface area contributed by atoms with Crippen LogP contribution in [-0.4, -0.2) is 28.6 Å². The Morgan fingerprint density at radius 3 is 2.85 bits per heavy atom. The average molecular weight is 383 g/mol. The number of benzene rings is 2. The van der Waals surface area contributed by atoms with Gasteiger partial charge in [0.25, 0.3) is 0 Å². The van der Waals surface area contributed by atoms with Gasteiger partial charge in [-0.25, -0.2) is 9.07 Å². The molecule has 0 fully saturated rings. The van der Waals surface area contributed by atoms with Crippen molar-refractivity contribution in [2.75, 3.05) is 18.2 Å². The number of methoxy groups -OCH3 is 1. The van der Waals surface area contributed by atoms with Gasteiger partial charge in [-0.05, 0) is 42.8 Å². The van der Waals surface area contributed by atoms with Crippen molar-refractivity contribution in [1.82, 2.24) is 9.78 Å². The topological polar surface area (TPSA) is 56.1 Å². The summed E-state index contributed by atoms with van der Waals surface area (Å²) in [4.78, 5) is 12.3. The van der Waals surface area contributed by atoms with Crippen LogP contribution >= 0.6 is 11.8 Å². The van der Waals surface area contributed by atoms with Crippen LogP contribution in [0.25, 0.3) is 5.69 Å². The van der Waals surface area contributed by atoms with E-state index in [1.54, 1.807) is 23.9 Å². The monoisotopic (exact) mass is 383 g/mol. The van der Waals surface area contributed by atoms with Gasteiger partial charge in [-0.2, -0.15) is 5.10 Å². The lowest BCUT2D eigenvalue weighted by Gasteiger charge is -2.16. The second-order valence-corrected chi connectivity index (χ2v) is 7.35. The largest absolute Gasteiger partial charge is 0.497 e. The Morgan fingerprint density at radius 1 is 1.26 bits per heavy atom. The van der Waals surface area contributed by atoms with E-state index in [0.29, 0.717) is 17.3 Å². The van der Waals surface area contributed by atoms with Gasteiger partial charge in [0.1, 0.15) is 17.4 Å². The molecule has 1 amide bonds. The highest BCUT2D eigenvalue weighted by Crippen LogP contribution is 2.44. The third-order valence-corrected chi connectivity index (χ3v) is 5.73. The van der Waals surface area contributed by atoms with Gasteiger partial charge in [0.2, 0.25) is 5.91 Å². The van der Waals surface area contributed by atoms with E-state index in [0.717, 1.165) is 22.6 Å². The molecule has 7 heteroatoms. The van der Waals surface area contributed by atoms with Crippen molar-refractivity contribution in [1.29, 1.82) is 0 Å². The van der Waals surface area contributed by atoms with Crippen LogP contribution in [0.5, 0.6) is 5.75 Å². The first-order valence-electron chi connectivity index (χ1n) is 8.47. The van der Waals surface area contributed by atoms with Gasteiger partial charge in [-0.1, -0.05) is 18.2 Å². The molecule has 5 nitrogen and oxygen atoms in total. The molecule has 0 spiro atoms. The molecule has 0 saturated carbocycles.